The molecule has 1 aromatic rings. The van der Waals surface area contributed by atoms with Crippen molar-refractivity contribution in [3.63, 3.8) is 0 Å². The van der Waals surface area contributed by atoms with Crippen LogP contribution in [-0.4, -0.2) is 4.98 Å². The smallest absolute Gasteiger partial charge is 0.107 e. The Labute approximate surface area is 136 Å². The Morgan fingerprint density at radius 3 is 2.19 bits per heavy atom. The van der Waals surface area contributed by atoms with Crippen molar-refractivity contribution in [2.75, 3.05) is 0 Å². The molecule has 0 amide bonds. The summed E-state index contributed by atoms with van der Waals surface area (Å²) in [6, 6.07) is 4.02. The highest BCUT2D eigenvalue weighted by Crippen LogP contribution is 2.24. The van der Waals surface area contributed by atoms with Crippen LogP contribution >= 0.6 is 15.9 Å². The van der Waals surface area contributed by atoms with Gasteiger partial charge >= 0.3 is 0 Å². The van der Waals surface area contributed by atoms with E-state index in [1.54, 1.807) is 0 Å². The second-order valence-corrected chi connectivity index (χ2v) is 4.68. The van der Waals surface area contributed by atoms with Gasteiger partial charge < -0.3 is 0 Å². The first-order valence-electron chi connectivity index (χ1n) is 6.58. The van der Waals surface area contributed by atoms with Gasteiger partial charge in [-0.1, -0.05) is 49.6 Å². The maximum Gasteiger partial charge on any atom is 0.107 e. The van der Waals surface area contributed by atoms with Gasteiger partial charge in [0.25, 0.3) is 0 Å². The molecular weight excluding hydrogens is 322 g/mol. The van der Waals surface area contributed by atoms with Crippen molar-refractivity contribution >= 4 is 27.1 Å². The van der Waals surface area contributed by atoms with E-state index in [1.165, 1.54) is 0 Å². The zero-order valence-electron chi connectivity index (χ0n) is 12.8. The maximum absolute atomic E-state index is 4.47. The van der Waals surface area contributed by atoms with E-state index in [1.807, 2.05) is 62.4 Å². The average molecular weight is 344 g/mol. The van der Waals surface area contributed by atoms with Crippen molar-refractivity contribution in [1.29, 1.82) is 0 Å². The molecule has 0 unspecified atom stereocenters. The van der Waals surface area contributed by atoms with Crippen molar-refractivity contribution in [3.8, 4) is 0 Å². The van der Waals surface area contributed by atoms with Crippen LogP contribution < -0.4 is 0 Å². The van der Waals surface area contributed by atoms with Gasteiger partial charge in [-0.3, -0.25) is 0 Å². The SMILES string of the molecule is C=C.C=C/C(=C\C=C/C)c1cc(Br)nc(/C(C=C)=C/C)c1. The van der Waals surface area contributed by atoms with Gasteiger partial charge in [0.15, 0.2) is 0 Å². The van der Waals surface area contributed by atoms with Crippen LogP contribution in [0, 0.1) is 0 Å². The third kappa shape index (κ3) is 5.92. The van der Waals surface area contributed by atoms with E-state index in [0.717, 1.165) is 27.0 Å². The van der Waals surface area contributed by atoms with Crippen molar-refractivity contribution in [3.05, 3.63) is 90.8 Å². The number of allylic oxidation sites excluding steroid dienone is 8. The Balaban J connectivity index is 0.00000191. The van der Waals surface area contributed by atoms with E-state index < -0.39 is 0 Å². The number of pyridine rings is 1. The summed E-state index contributed by atoms with van der Waals surface area (Å²) in [6.07, 6.45) is 11.7. The van der Waals surface area contributed by atoms with Gasteiger partial charge in [0.05, 0.1) is 5.69 Å². The Bertz CT molecular complexity index is 577. The fourth-order valence-corrected chi connectivity index (χ4v) is 2.10. The van der Waals surface area contributed by atoms with Crippen LogP contribution in [0.5, 0.6) is 0 Å². The second-order valence-electron chi connectivity index (χ2n) is 3.86. The van der Waals surface area contributed by atoms with Gasteiger partial charge in [-0.15, -0.1) is 13.2 Å². The molecule has 0 aliphatic carbocycles. The quantitative estimate of drug-likeness (QED) is 0.343. The Hall–Kier alpha value is -1.93. The molecule has 0 N–H and O–H groups in total. The monoisotopic (exact) mass is 343 g/mol. The van der Waals surface area contributed by atoms with Crippen LogP contribution in [0.15, 0.2) is 79.5 Å². The molecule has 0 fully saturated rings. The molecule has 2 heteroatoms. The number of hydrogen-bond acceptors (Lipinski definition) is 1. The first-order chi connectivity index (χ1) is 10.2. The van der Waals surface area contributed by atoms with Crippen LogP contribution in [-0.2, 0) is 0 Å². The van der Waals surface area contributed by atoms with Gasteiger partial charge in [-0.05, 0) is 58.6 Å². The van der Waals surface area contributed by atoms with Gasteiger partial charge in [0, 0.05) is 0 Å². The average Bonchev–Trinajstić information content (AvgIpc) is 2.51. The predicted octanol–water partition coefficient (Wildman–Crippen LogP) is 6.38. The lowest BCUT2D eigenvalue weighted by atomic mass is 10.0. The Kier molecular flexibility index (Phi) is 9.82. The summed E-state index contributed by atoms with van der Waals surface area (Å²) in [4.78, 5) is 4.47. The molecule has 1 nitrogen and oxygen atoms in total. The predicted molar refractivity (Wildman–Crippen MR) is 100 cm³/mol. The topological polar surface area (TPSA) is 12.9 Å². The van der Waals surface area contributed by atoms with Crippen molar-refractivity contribution in [2.24, 2.45) is 0 Å². The fraction of sp³-hybridized carbons (Fsp3) is 0.105. The largest absolute Gasteiger partial charge is 0.241 e. The number of halogens is 1. The Morgan fingerprint density at radius 2 is 1.71 bits per heavy atom. The normalized spacial score (nSPS) is 11.8. The standard InChI is InChI=1S/C17H18BrN.C2H4/c1-5-9-10-14(8-4)15-11-16(13(6-2)7-3)19-17(18)12-15;1-2/h5-12H,2,4H2,1,3H3;1-2H2/b9-5-,13-7+,14-10+;. The van der Waals surface area contributed by atoms with Gasteiger partial charge in [0.1, 0.15) is 4.60 Å². The highest BCUT2D eigenvalue weighted by atomic mass is 79.9. The van der Waals surface area contributed by atoms with Crippen LogP contribution in [0.3, 0.4) is 0 Å². The second kappa shape index (κ2) is 10.8. The summed E-state index contributed by atoms with van der Waals surface area (Å²) in [7, 11) is 0. The summed E-state index contributed by atoms with van der Waals surface area (Å²) in [5.41, 5.74) is 4.04. The van der Waals surface area contributed by atoms with Crippen LogP contribution in [0.2, 0.25) is 0 Å². The third-order valence-electron chi connectivity index (χ3n) is 2.64. The van der Waals surface area contributed by atoms with Crippen LogP contribution in [0.25, 0.3) is 11.1 Å². The third-order valence-corrected chi connectivity index (χ3v) is 3.05. The molecule has 0 spiro atoms. The van der Waals surface area contributed by atoms with Crippen LogP contribution in [0.1, 0.15) is 25.1 Å². The van der Waals surface area contributed by atoms with E-state index in [-0.39, 0.29) is 0 Å². The molecular formula is C19H22BrN. The Morgan fingerprint density at radius 1 is 1.10 bits per heavy atom. The number of rotatable bonds is 5. The van der Waals surface area contributed by atoms with E-state index in [2.05, 4.69) is 47.2 Å². The van der Waals surface area contributed by atoms with E-state index >= 15 is 0 Å². The van der Waals surface area contributed by atoms with Crippen molar-refractivity contribution in [1.82, 2.24) is 4.98 Å². The summed E-state index contributed by atoms with van der Waals surface area (Å²) < 4.78 is 0.800. The lowest BCUT2D eigenvalue weighted by Crippen LogP contribution is -1.92. The molecule has 0 aromatic carbocycles. The van der Waals surface area contributed by atoms with Crippen molar-refractivity contribution in [2.45, 2.75) is 13.8 Å². The molecule has 1 aromatic heterocycles. The summed E-state index contributed by atoms with van der Waals surface area (Å²) in [6.45, 7) is 17.6. The maximum atomic E-state index is 4.47. The van der Waals surface area contributed by atoms with E-state index in [9.17, 15) is 0 Å². The zero-order chi connectivity index (χ0) is 16.3. The number of aromatic nitrogens is 1. The molecule has 0 radical (unpaired) electrons. The highest BCUT2D eigenvalue weighted by molar-refractivity contribution is 9.10. The minimum Gasteiger partial charge on any atom is -0.241 e. The molecule has 1 rings (SSSR count). The number of hydrogen-bond donors (Lipinski definition) is 0. The molecule has 0 bridgehead atoms. The summed E-state index contributed by atoms with van der Waals surface area (Å²) >= 11 is 3.45. The summed E-state index contributed by atoms with van der Waals surface area (Å²) in [5, 5.41) is 0. The minimum absolute atomic E-state index is 0.800. The highest BCUT2D eigenvalue weighted by Gasteiger charge is 2.05. The fourth-order valence-electron chi connectivity index (χ4n) is 1.66. The molecule has 21 heavy (non-hydrogen) atoms. The lowest BCUT2D eigenvalue weighted by Gasteiger charge is -2.07. The van der Waals surface area contributed by atoms with Crippen LogP contribution in [0.4, 0.5) is 0 Å². The first-order valence-corrected chi connectivity index (χ1v) is 7.38. The van der Waals surface area contributed by atoms with Gasteiger partial charge in [-0.25, -0.2) is 4.98 Å². The molecule has 1 heterocycles. The minimum atomic E-state index is 0.800. The van der Waals surface area contributed by atoms with E-state index in [0.29, 0.717) is 0 Å². The molecule has 110 valence electrons. The van der Waals surface area contributed by atoms with Gasteiger partial charge in [0.2, 0.25) is 0 Å². The van der Waals surface area contributed by atoms with Gasteiger partial charge in [-0.2, -0.15) is 0 Å². The van der Waals surface area contributed by atoms with Crippen molar-refractivity contribution < 1.29 is 0 Å². The summed E-state index contributed by atoms with van der Waals surface area (Å²) in [5.74, 6) is 0. The first kappa shape index (κ1) is 19.1. The molecule has 0 atom stereocenters. The number of nitrogens with zero attached hydrogens (tertiary/aromatic N) is 1. The zero-order valence-corrected chi connectivity index (χ0v) is 14.4. The molecule has 0 aliphatic rings. The molecule has 0 saturated carbocycles. The van der Waals surface area contributed by atoms with E-state index in [4.69, 9.17) is 0 Å². The lowest BCUT2D eigenvalue weighted by molar-refractivity contribution is 1.22. The molecule has 0 saturated heterocycles. The molecule has 0 aliphatic heterocycles.